The van der Waals surface area contributed by atoms with Crippen LogP contribution in [0.5, 0.6) is 0 Å². The number of nitrogens with one attached hydrogen (secondary N) is 2. The Hall–Kier alpha value is -2.57. The van der Waals surface area contributed by atoms with Crippen molar-refractivity contribution in [2.75, 3.05) is 5.32 Å². The molecule has 0 saturated carbocycles. The molecule has 1 unspecified atom stereocenters. The maximum absolute atomic E-state index is 13.7. The van der Waals surface area contributed by atoms with Crippen molar-refractivity contribution in [2.45, 2.75) is 13.0 Å². The van der Waals surface area contributed by atoms with Crippen molar-refractivity contribution < 1.29 is 8.78 Å². The van der Waals surface area contributed by atoms with Gasteiger partial charge in [-0.05, 0) is 13.0 Å². The Morgan fingerprint density at radius 2 is 2.05 bits per heavy atom. The van der Waals surface area contributed by atoms with Crippen LogP contribution in [0.15, 0.2) is 30.9 Å². The van der Waals surface area contributed by atoms with Crippen molar-refractivity contribution in [3.8, 4) is 0 Å². The predicted molar refractivity (Wildman–Crippen MR) is 70.1 cm³/mol. The van der Waals surface area contributed by atoms with Crippen LogP contribution < -0.4 is 5.32 Å². The van der Waals surface area contributed by atoms with Gasteiger partial charge in [-0.1, -0.05) is 6.07 Å². The number of halogens is 2. The molecular weight excluding hydrogens is 264 g/mol. The zero-order valence-electron chi connectivity index (χ0n) is 10.6. The van der Waals surface area contributed by atoms with Gasteiger partial charge < -0.3 is 10.3 Å². The van der Waals surface area contributed by atoms with Gasteiger partial charge in [0.05, 0.1) is 12.4 Å². The number of imidazole rings is 1. The number of aromatic nitrogens is 4. The van der Waals surface area contributed by atoms with Crippen LogP contribution in [0, 0.1) is 11.6 Å². The first-order valence-electron chi connectivity index (χ1n) is 6.00. The monoisotopic (exact) mass is 275 g/mol. The lowest BCUT2D eigenvalue weighted by atomic mass is 10.1. The van der Waals surface area contributed by atoms with E-state index in [2.05, 4.69) is 25.3 Å². The lowest BCUT2D eigenvalue weighted by Crippen LogP contribution is -2.10. The lowest BCUT2D eigenvalue weighted by molar-refractivity contribution is 0.566. The molecule has 1 aromatic carbocycles. The second-order valence-electron chi connectivity index (χ2n) is 4.36. The average Bonchev–Trinajstić information content (AvgIpc) is 2.87. The van der Waals surface area contributed by atoms with Crippen LogP contribution in [-0.2, 0) is 0 Å². The highest BCUT2D eigenvalue weighted by Crippen LogP contribution is 2.24. The van der Waals surface area contributed by atoms with Gasteiger partial charge in [-0.2, -0.15) is 0 Å². The van der Waals surface area contributed by atoms with Crippen LogP contribution in [0.3, 0.4) is 0 Å². The second kappa shape index (κ2) is 4.84. The first-order chi connectivity index (χ1) is 9.65. The van der Waals surface area contributed by atoms with Crippen LogP contribution in [-0.4, -0.2) is 19.9 Å². The van der Waals surface area contributed by atoms with Gasteiger partial charge >= 0.3 is 0 Å². The summed E-state index contributed by atoms with van der Waals surface area (Å²) >= 11 is 0. The first-order valence-corrected chi connectivity index (χ1v) is 6.00. The summed E-state index contributed by atoms with van der Waals surface area (Å²) in [5.74, 6) is -0.680. The first kappa shape index (κ1) is 12.5. The summed E-state index contributed by atoms with van der Waals surface area (Å²) in [6.07, 6.45) is 2.88. The number of fused-ring (bicyclic) bond motifs is 1. The molecule has 0 aliphatic heterocycles. The van der Waals surface area contributed by atoms with E-state index in [0.29, 0.717) is 22.5 Å². The van der Waals surface area contributed by atoms with Crippen LogP contribution in [0.25, 0.3) is 11.2 Å². The third kappa shape index (κ3) is 2.18. The third-order valence-electron chi connectivity index (χ3n) is 3.01. The van der Waals surface area contributed by atoms with E-state index in [-0.39, 0.29) is 6.04 Å². The number of benzene rings is 1. The molecule has 0 fully saturated rings. The normalized spacial score (nSPS) is 12.6. The minimum absolute atomic E-state index is 0.359. The number of hydrogen-bond acceptors (Lipinski definition) is 4. The molecule has 2 heterocycles. The molecule has 7 heteroatoms. The Kier molecular flexibility index (Phi) is 3.02. The quantitative estimate of drug-likeness (QED) is 0.771. The van der Waals surface area contributed by atoms with E-state index in [1.54, 1.807) is 6.92 Å². The number of rotatable bonds is 3. The standard InChI is InChI=1S/C13H11F2N5/c1-7(9-3-2-8(14)4-10(9)15)20-13-11-12(17-5-16-11)18-6-19-13/h2-7H,1H3,(H2,16,17,18,19,20). The summed E-state index contributed by atoms with van der Waals surface area (Å²) in [5, 5.41) is 3.06. The van der Waals surface area contributed by atoms with E-state index in [0.717, 1.165) is 6.07 Å². The maximum atomic E-state index is 13.7. The molecule has 3 aromatic rings. The molecule has 102 valence electrons. The molecule has 0 amide bonds. The van der Waals surface area contributed by atoms with Gasteiger partial charge in [0.25, 0.3) is 0 Å². The topological polar surface area (TPSA) is 66.5 Å². The number of aromatic amines is 1. The Morgan fingerprint density at radius 3 is 2.85 bits per heavy atom. The Labute approximate surface area is 113 Å². The molecule has 0 radical (unpaired) electrons. The minimum Gasteiger partial charge on any atom is -0.362 e. The van der Waals surface area contributed by atoms with Crippen molar-refractivity contribution >= 4 is 17.0 Å². The van der Waals surface area contributed by atoms with Gasteiger partial charge in [-0.15, -0.1) is 0 Å². The summed E-state index contributed by atoms with van der Waals surface area (Å²) in [5.41, 5.74) is 1.52. The fourth-order valence-electron chi connectivity index (χ4n) is 2.01. The van der Waals surface area contributed by atoms with Crippen molar-refractivity contribution in [1.29, 1.82) is 0 Å². The minimum atomic E-state index is -0.601. The van der Waals surface area contributed by atoms with E-state index < -0.39 is 11.6 Å². The van der Waals surface area contributed by atoms with Gasteiger partial charge in [0.1, 0.15) is 23.5 Å². The fraction of sp³-hybridized carbons (Fsp3) is 0.154. The van der Waals surface area contributed by atoms with Crippen LogP contribution >= 0.6 is 0 Å². The molecule has 0 aliphatic carbocycles. The predicted octanol–water partition coefficient (Wildman–Crippen LogP) is 2.80. The molecule has 2 N–H and O–H groups in total. The third-order valence-corrected chi connectivity index (χ3v) is 3.01. The van der Waals surface area contributed by atoms with Gasteiger partial charge in [0.2, 0.25) is 0 Å². The molecule has 20 heavy (non-hydrogen) atoms. The van der Waals surface area contributed by atoms with Crippen molar-refractivity contribution in [1.82, 2.24) is 19.9 Å². The molecule has 0 aliphatic rings. The zero-order chi connectivity index (χ0) is 14.1. The summed E-state index contributed by atoms with van der Waals surface area (Å²) in [6, 6.07) is 3.12. The van der Waals surface area contributed by atoms with Gasteiger partial charge in [-0.25, -0.2) is 23.7 Å². The molecule has 1 atom stereocenters. The Bertz CT molecular complexity index is 755. The number of nitrogens with zero attached hydrogens (tertiary/aromatic N) is 3. The molecule has 0 saturated heterocycles. The molecule has 0 spiro atoms. The summed E-state index contributed by atoms with van der Waals surface area (Å²) in [6.45, 7) is 1.76. The highest BCUT2D eigenvalue weighted by molar-refractivity contribution is 5.82. The number of anilines is 1. The smallest absolute Gasteiger partial charge is 0.182 e. The van der Waals surface area contributed by atoms with Gasteiger partial charge in [0, 0.05) is 11.6 Å². The van der Waals surface area contributed by atoms with E-state index in [4.69, 9.17) is 0 Å². The molecular formula is C13H11F2N5. The Balaban J connectivity index is 1.92. The average molecular weight is 275 g/mol. The van der Waals surface area contributed by atoms with Crippen molar-refractivity contribution in [3.05, 3.63) is 48.1 Å². The molecule has 0 bridgehead atoms. The van der Waals surface area contributed by atoms with Gasteiger partial charge in [0.15, 0.2) is 11.5 Å². The van der Waals surface area contributed by atoms with Crippen LogP contribution in [0.4, 0.5) is 14.6 Å². The summed E-state index contributed by atoms with van der Waals surface area (Å²) in [7, 11) is 0. The van der Waals surface area contributed by atoms with Gasteiger partial charge in [-0.3, -0.25) is 0 Å². The summed E-state index contributed by atoms with van der Waals surface area (Å²) < 4.78 is 26.6. The highest BCUT2D eigenvalue weighted by atomic mass is 19.1. The van der Waals surface area contributed by atoms with E-state index in [1.807, 2.05) is 0 Å². The lowest BCUT2D eigenvalue weighted by Gasteiger charge is -2.15. The largest absolute Gasteiger partial charge is 0.362 e. The fourth-order valence-corrected chi connectivity index (χ4v) is 2.01. The van der Waals surface area contributed by atoms with Crippen molar-refractivity contribution in [2.24, 2.45) is 0 Å². The number of hydrogen-bond donors (Lipinski definition) is 2. The Morgan fingerprint density at radius 1 is 1.20 bits per heavy atom. The highest BCUT2D eigenvalue weighted by Gasteiger charge is 2.14. The van der Waals surface area contributed by atoms with Crippen LogP contribution in [0.2, 0.25) is 0 Å². The summed E-state index contributed by atoms with van der Waals surface area (Å²) in [4.78, 5) is 15.0. The molecule has 5 nitrogen and oxygen atoms in total. The van der Waals surface area contributed by atoms with Crippen LogP contribution in [0.1, 0.15) is 18.5 Å². The molecule has 3 rings (SSSR count). The second-order valence-corrected chi connectivity index (χ2v) is 4.36. The zero-order valence-corrected chi connectivity index (χ0v) is 10.6. The number of H-pyrrole nitrogens is 1. The van der Waals surface area contributed by atoms with E-state index in [1.165, 1.54) is 24.8 Å². The van der Waals surface area contributed by atoms with E-state index >= 15 is 0 Å². The maximum Gasteiger partial charge on any atom is 0.182 e. The molecule has 2 aromatic heterocycles. The SMILES string of the molecule is CC(Nc1ncnc2nc[nH]c12)c1ccc(F)cc1F. The van der Waals surface area contributed by atoms with Crippen molar-refractivity contribution in [3.63, 3.8) is 0 Å². The van der Waals surface area contributed by atoms with E-state index in [9.17, 15) is 8.78 Å².